The molecule has 2 bridgehead atoms. The Bertz CT molecular complexity index is 1200. The van der Waals surface area contributed by atoms with Crippen LogP contribution >= 0.6 is 0 Å². The fraction of sp³-hybridized carbons (Fsp3) is 0.818. The molecule has 45 heavy (non-hydrogen) atoms. The lowest BCUT2D eigenvalue weighted by Gasteiger charge is -2.49. The highest BCUT2D eigenvalue weighted by atomic mass is 16.7. The lowest BCUT2D eigenvalue weighted by Crippen LogP contribution is -2.58. The van der Waals surface area contributed by atoms with Gasteiger partial charge in [-0.25, -0.2) is 4.79 Å². The highest BCUT2D eigenvalue weighted by Crippen LogP contribution is 2.55. The fourth-order valence-electron chi connectivity index (χ4n) is 8.00. The maximum Gasteiger partial charge on any atom is 0.482 e. The third-order valence-corrected chi connectivity index (χ3v) is 10.5. The number of nitrogens with one attached hydrogen (secondary N) is 3. The Morgan fingerprint density at radius 2 is 1.76 bits per heavy atom. The summed E-state index contributed by atoms with van der Waals surface area (Å²) in [6.07, 6.45) is 8.00. The SMILES string of the molecule is CCC(NC(=O)C(C)NC(=O)C(NC(=O)OC(C)(C)C)C1CCCCC1)C(=O)N1CCCC1B1OC2C3=C(C)C(C3)C[C@]2(C)O1. The van der Waals surface area contributed by atoms with Crippen molar-refractivity contribution in [1.82, 2.24) is 20.9 Å². The normalized spacial score (nSPS) is 30.2. The zero-order valence-electron chi connectivity index (χ0n) is 28.2. The van der Waals surface area contributed by atoms with Gasteiger partial charge < -0.3 is 34.9 Å². The molecule has 4 fully saturated rings. The van der Waals surface area contributed by atoms with Gasteiger partial charge in [-0.3, -0.25) is 14.4 Å². The number of hydrogen-bond acceptors (Lipinski definition) is 7. The number of carbonyl (C=O) groups is 4. The van der Waals surface area contributed by atoms with E-state index in [0.29, 0.717) is 18.9 Å². The minimum absolute atomic E-state index is 0.0456. The molecule has 6 rings (SSSR count). The van der Waals surface area contributed by atoms with Gasteiger partial charge >= 0.3 is 13.2 Å². The van der Waals surface area contributed by atoms with E-state index in [9.17, 15) is 19.2 Å². The van der Waals surface area contributed by atoms with Crippen LogP contribution in [0.25, 0.3) is 0 Å². The third kappa shape index (κ3) is 7.21. The van der Waals surface area contributed by atoms with E-state index in [1.165, 1.54) is 11.1 Å². The molecular formula is C33H53BN4O7. The summed E-state index contributed by atoms with van der Waals surface area (Å²) >= 11 is 0. The van der Waals surface area contributed by atoms with Gasteiger partial charge in [0.25, 0.3) is 0 Å². The Hall–Kier alpha value is -2.60. The average molecular weight is 629 g/mol. The van der Waals surface area contributed by atoms with E-state index in [-0.39, 0.29) is 29.5 Å². The predicted molar refractivity (Wildman–Crippen MR) is 170 cm³/mol. The Kier molecular flexibility index (Phi) is 9.95. The van der Waals surface area contributed by atoms with E-state index in [1.54, 1.807) is 27.7 Å². The molecule has 0 radical (unpaired) electrons. The average Bonchev–Trinajstić information content (AvgIpc) is 3.61. The number of carbonyl (C=O) groups excluding carboxylic acids is 4. The first kappa shape index (κ1) is 33.8. The van der Waals surface area contributed by atoms with E-state index in [2.05, 4.69) is 29.8 Å². The second kappa shape index (κ2) is 13.3. The summed E-state index contributed by atoms with van der Waals surface area (Å²) in [6, 6.07) is -2.47. The molecule has 11 nitrogen and oxygen atoms in total. The molecule has 0 spiro atoms. The molecule has 0 aromatic carbocycles. The van der Waals surface area contributed by atoms with Gasteiger partial charge in [0.2, 0.25) is 17.7 Å². The van der Waals surface area contributed by atoms with Crippen molar-refractivity contribution in [3.63, 3.8) is 0 Å². The van der Waals surface area contributed by atoms with Crippen molar-refractivity contribution in [2.24, 2.45) is 11.8 Å². The van der Waals surface area contributed by atoms with Crippen molar-refractivity contribution < 1.29 is 33.2 Å². The van der Waals surface area contributed by atoms with Crippen LogP contribution in [0.4, 0.5) is 4.79 Å². The summed E-state index contributed by atoms with van der Waals surface area (Å²) in [5, 5.41) is 8.43. The predicted octanol–water partition coefficient (Wildman–Crippen LogP) is 3.79. The van der Waals surface area contributed by atoms with Gasteiger partial charge in [0, 0.05) is 6.54 Å². The molecule has 0 aromatic heterocycles. The van der Waals surface area contributed by atoms with E-state index >= 15 is 0 Å². The van der Waals surface area contributed by atoms with Crippen molar-refractivity contribution in [2.75, 3.05) is 6.54 Å². The zero-order chi connectivity index (χ0) is 32.7. The van der Waals surface area contributed by atoms with Crippen LogP contribution in [0.3, 0.4) is 0 Å². The Morgan fingerprint density at radius 3 is 2.40 bits per heavy atom. The first-order valence-corrected chi connectivity index (χ1v) is 17.1. The van der Waals surface area contributed by atoms with E-state index in [4.69, 9.17) is 14.0 Å². The quantitative estimate of drug-likeness (QED) is 0.261. The number of allylic oxidation sites excluding steroid dienone is 1. The van der Waals surface area contributed by atoms with E-state index < -0.39 is 48.8 Å². The second-order valence-corrected chi connectivity index (χ2v) is 15.1. The van der Waals surface area contributed by atoms with Crippen molar-refractivity contribution in [3.05, 3.63) is 11.1 Å². The number of rotatable bonds is 9. The number of nitrogens with zero attached hydrogens (tertiary/aromatic N) is 1. The fourth-order valence-corrected chi connectivity index (χ4v) is 8.00. The van der Waals surface area contributed by atoms with E-state index in [1.807, 2.05) is 11.8 Å². The Balaban J connectivity index is 1.18. The molecule has 250 valence electrons. The van der Waals surface area contributed by atoms with Gasteiger partial charge in [-0.15, -0.1) is 0 Å². The number of ether oxygens (including phenoxy) is 1. The van der Waals surface area contributed by atoms with Crippen LogP contribution in [0, 0.1) is 11.8 Å². The molecular weight excluding hydrogens is 575 g/mol. The molecule has 2 aliphatic heterocycles. The first-order chi connectivity index (χ1) is 21.2. The standard InChI is InChI=1S/C33H53BN4O7/c1-8-24(30(41)38-16-12-15-25(38)34-44-27-23-17-22(19(23)2)18-33(27,7)45-34)36-28(39)20(3)35-29(40)26(21-13-10-9-11-14-21)37-31(42)43-32(4,5)6/h20-22,24-27H,8-18H2,1-7H3,(H,35,40)(H,36,39)(H,37,42)/t20?,22?,24?,25?,26?,27?,33-/m0/s1. The van der Waals surface area contributed by atoms with E-state index in [0.717, 1.165) is 57.8 Å². The van der Waals surface area contributed by atoms with Gasteiger partial charge in [0.15, 0.2) is 0 Å². The number of likely N-dealkylation sites (tertiary alicyclic amines) is 1. The van der Waals surface area contributed by atoms with Gasteiger partial charge in [0.1, 0.15) is 23.7 Å². The number of amides is 4. The molecule has 7 atom stereocenters. The summed E-state index contributed by atoms with van der Waals surface area (Å²) in [7, 11) is -0.494. The minimum Gasteiger partial charge on any atom is -0.444 e. The molecule has 4 aliphatic carbocycles. The van der Waals surface area contributed by atoms with Gasteiger partial charge in [-0.2, -0.15) is 0 Å². The Morgan fingerprint density at radius 1 is 1.04 bits per heavy atom. The molecule has 6 aliphatic rings. The van der Waals surface area contributed by atoms with Crippen LogP contribution in [0.15, 0.2) is 11.1 Å². The zero-order valence-corrected chi connectivity index (χ0v) is 28.2. The van der Waals surface area contributed by atoms with Crippen molar-refractivity contribution in [3.8, 4) is 0 Å². The molecule has 2 heterocycles. The highest BCUT2D eigenvalue weighted by molar-refractivity contribution is 6.48. The van der Waals surface area contributed by atoms with Crippen molar-refractivity contribution in [1.29, 1.82) is 0 Å². The minimum atomic E-state index is -0.909. The molecule has 6 unspecified atom stereocenters. The number of alkyl carbamates (subject to hydrolysis) is 1. The largest absolute Gasteiger partial charge is 0.482 e. The van der Waals surface area contributed by atoms with Crippen LogP contribution in [-0.2, 0) is 28.4 Å². The summed E-state index contributed by atoms with van der Waals surface area (Å²) in [5.74, 6) is -0.730. The van der Waals surface area contributed by atoms with Crippen LogP contribution in [0.1, 0.15) is 113 Å². The summed E-state index contributed by atoms with van der Waals surface area (Å²) in [5.41, 5.74) is 1.72. The molecule has 2 saturated carbocycles. The molecule has 0 aromatic rings. The van der Waals surface area contributed by atoms with Crippen LogP contribution in [-0.4, -0.2) is 83.8 Å². The molecule has 4 amide bonds. The topological polar surface area (TPSA) is 135 Å². The smallest absolute Gasteiger partial charge is 0.444 e. The van der Waals surface area contributed by atoms with Crippen LogP contribution in [0.2, 0.25) is 0 Å². The molecule has 12 heteroatoms. The summed E-state index contributed by atoms with van der Waals surface area (Å²) < 4.78 is 18.5. The molecule has 2 saturated heterocycles. The van der Waals surface area contributed by atoms with Crippen LogP contribution < -0.4 is 16.0 Å². The second-order valence-electron chi connectivity index (χ2n) is 15.1. The van der Waals surface area contributed by atoms with Gasteiger partial charge in [-0.1, -0.05) is 31.8 Å². The summed E-state index contributed by atoms with van der Waals surface area (Å²) in [6.45, 7) is 13.7. The maximum absolute atomic E-state index is 13.8. The highest BCUT2D eigenvalue weighted by Gasteiger charge is 2.60. The van der Waals surface area contributed by atoms with Gasteiger partial charge in [-0.05, 0) is 104 Å². The van der Waals surface area contributed by atoms with Crippen molar-refractivity contribution >= 4 is 30.9 Å². The Labute approximate surface area is 268 Å². The summed E-state index contributed by atoms with van der Waals surface area (Å²) in [4.78, 5) is 55.1. The lowest BCUT2D eigenvalue weighted by atomic mass is 9.62. The molecule has 3 N–H and O–H groups in total. The van der Waals surface area contributed by atoms with Crippen LogP contribution in [0.5, 0.6) is 0 Å². The number of hydrogen-bond donors (Lipinski definition) is 3. The third-order valence-electron chi connectivity index (χ3n) is 10.5. The maximum atomic E-state index is 13.8. The monoisotopic (exact) mass is 628 g/mol. The first-order valence-electron chi connectivity index (χ1n) is 17.1. The van der Waals surface area contributed by atoms with Crippen molar-refractivity contribution in [2.45, 2.75) is 154 Å². The lowest BCUT2D eigenvalue weighted by molar-refractivity contribution is -0.137. The van der Waals surface area contributed by atoms with Gasteiger partial charge in [0.05, 0.1) is 17.6 Å².